The average Bonchev–Trinajstić information content (AvgIpc) is 2.56. The largest absolute Gasteiger partial charge is 0.481 e. The average molecular weight is 326 g/mol. The van der Waals surface area contributed by atoms with Crippen LogP contribution in [0.15, 0.2) is 0 Å². The molecule has 0 aromatic heterocycles. The van der Waals surface area contributed by atoms with E-state index < -0.39 is 5.97 Å². The third-order valence-corrected chi connectivity index (χ3v) is 4.92. The van der Waals surface area contributed by atoms with Gasteiger partial charge in [-0.1, -0.05) is 19.3 Å². The van der Waals surface area contributed by atoms with E-state index in [9.17, 15) is 9.59 Å². The van der Waals surface area contributed by atoms with Gasteiger partial charge in [0.15, 0.2) is 0 Å². The summed E-state index contributed by atoms with van der Waals surface area (Å²) in [5, 5.41) is 14.7. The van der Waals surface area contributed by atoms with Crippen molar-refractivity contribution in [2.45, 2.75) is 76.4 Å². The summed E-state index contributed by atoms with van der Waals surface area (Å²) in [4.78, 5) is 22.7. The summed E-state index contributed by atoms with van der Waals surface area (Å²) in [6.07, 6.45) is 10.3. The molecule has 3 N–H and O–H groups in total. The third-order valence-electron chi connectivity index (χ3n) is 4.92. The van der Waals surface area contributed by atoms with Gasteiger partial charge in [0.25, 0.3) is 0 Å². The van der Waals surface area contributed by atoms with Crippen LogP contribution < -0.4 is 10.6 Å². The molecule has 0 aromatic carbocycles. The first kappa shape index (κ1) is 18.0. The Labute approximate surface area is 138 Å². The Kier molecular flexibility index (Phi) is 7.65. The van der Waals surface area contributed by atoms with E-state index in [0.29, 0.717) is 32.1 Å². The molecule has 0 aromatic rings. The molecule has 0 spiro atoms. The van der Waals surface area contributed by atoms with Crippen LogP contribution in [0.25, 0.3) is 0 Å². The molecule has 6 heteroatoms. The molecule has 0 heterocycles. The normalized spacial score (nSPS) is 25.7. The number of amides is 2. The number of hydrogen-bond donors (Lipinski definition) is 3. The molecule has 2 rings (SSSR count). The minimum absolute atomic E-state index is 0.101. The summed E-state index contributed by atoms with van der Waals surface area (Å²) in [7, 11) is 0. The van der Waals surface area contributed by atoms with Gasteiger partial charge in [-0.3, -0.25) is 4.79 Å². The van der Waals surface area contributed by atoms with E-state index in [-0.39, 0.29) is 18.0 Å². The number of aliphatic carboxylic acids is 1. The highest BCUT2D eigenvalue weighted by Gasteiger charge is 2.26. The van der Waals surface area contributed by atoms with Gasteiger partial charge in [0, 0.05) is 19.2 Å². The van der Waals surface area contributed by atoms with E-state index in [1.165, 1.54) is 32.1 Å². The number of hydrogen-bond acceptors (Lipinski definition) is 3. The van der Waals surface area contributed by atoms with Crippen LogP contribution >= 0.6 is 0 Å². The van der Waals surface area contributed by atoms with Crippen molar-refractivity contribution in [1.82, 2.24) is 10.6 Å². The molecular formula is C17H30N2O4. The Balaban J connectivity index is 1.48. The number of carboxylic acid groups (broad SMARTS) is 1. The van der Waals surface area contributed by atoms with Crippen molar-refractivity contribution in [2.24, 2.45) is 5.92 Å². The molecule has 2 fully saturated rings. The summed E-state index contributed by atoms with van der Waals surface area (Å²) in [5.41, 5.74) is 0. The van der Waals surface area contributed by atoms with Crippen LogP contribution in [0.2, 0.25) is 0 Å². The van der Waals surface area contributed by atoms with E-state index in [1.807, 2.05) is 0 Å². The van der Waals surface area contributed by atoms with Gasteiger partial charge in [0.1, 0.15) is 0 Å². The van der Waals surface area contributed by atoms with Gasteiger partial charge >= 0.3 is 12.0 Å². The number of carbonyl (C=O) groups excluding carboxylic acids is 1. The van der Waals surface area contributed by atoms with E-state index >= 15 is 0 Å². The van der Waals surface area contributed by atoms with Gasteiger partial charge in [-0.05, 0) is 44.9 Å². The Morgan fingerprint density at radius 2 is 1.70 bits per heavy atom. The maximum absolute atomic E-state index is 11.8. The first-order chi connectivity index (χ1) is 11.1. The highest BCUT2D eigenvalue weighted by molar-refractivity contribution is 5.74. The first-order valence-corrected chi connectivity index (χ1v) is 9.04. The lowest BCUT2D eigenvalue weighted by molar-refractivity contribution is -0.142. The van der Waals surface area contributed by atoms with Crippen molar-refractivity contribution in [3.63, 3.8) is 0 Å². The fourth-order valence-electron chi connectivity index (χ4n) is 3.48. The number of rotatable bonds is 7. The zero-order valence-corrected chi connectivity index (χ0v) is 13.9. The molecule has 0 bridgehead atoms. The Bertz CT molecular complexity index is 375. The minimum atomic E-state index is -0.717. The van der Waals surface area contributed by atoms with Crippen molar-refractivity contribution >= 4 is 12.0 Å². The molecule has 23 heavy (non-hydrogen) atoms. The van der Waals surface area contributed by atoms with Crippen molar-refractivity contribution < 1.29 is 19.4 Å². The molecule has 6 nitrogen and oxygen atoms in total. The lowest BCUT2D eigenvalue weighted by atomic mass is 9.86. The van der Waals surface area contributed by atoms with Gasteiger partial charge in [-0.15, -0.1) is 0 Å². The summed E-state index contributed by atoms with van der Waals surface area (Å²) in [5.74, 6) is -0.959. The predicted octanol–water partition coefficient (Wildman–Crippen LogP) is 2.67. The number of ether oxygens (including phenoxy) is 1. The standard InChI is InChI=1S/C17H30N2O4/c20-16(21)13-7-9-14(10-8-13)19-17(22)18-11-4-12-23-15-5-2-1-3-6-15/h13-15H,1-12H2,(H,20,21)(H2,18,19,22). The van der Waals surface area contributed by atoms with Crippen LogP contribution in [0, 0.1) is 5.92 Å². The van der Waals surface area contributed by atoms with E-state index in [0.717, 1.165) is 19.3 Å². The fourth-order valence-corrected chi connectivity index (χ4v) is 3.48. The summed E-state index contributed by atoms with van der Waals surface area (Å²) < 4.78 is 5.82. The van der Waals surface area contributed by atoms with E-state index in [4.69, 9.17) is 9.84 Å². The molecule has 2 amide bonds. The van der Waals surface area contributed by atoms with E-state index in [1.54, 1.807) is 0 Å². The van der Waals surface area contributed by atoms with Gasteiger partial charge < -0.3 is 20.5 Å². The highest BCUT2D eigenvalue weighted by Crippen LogP contribution is 2.24. The van der Waals surface area contributed by atoms with Crippen LogP contribution in [0.5, 0.6) is 0 Å². The molecule has 0 saturated heterocycles. The molecule has 0 aliphatic heterocycles. The lowest BCUT2D eigenvalue weighted by Gasteiger charge is -2.26. The smallest absolute Gasteiger partial charge is 0.315 e. The Hall–Kier alpha value is -1.30. The Morgan fingerprint density at radius 1 is 1.00 bits per heavy atom. The minimum Gasteiger partial charge on any atom is -0.481 e. The van der Waals surface area contributed by atoms with E-state index in [2.05, 4.69) is 10.6 Å². The second-order valence-corrected chi connectivity index (χ2v) is 6.77. The van der Waals surface area contributed by atoms with Crippen LogP contribution in [-0.2, 0) is 9.53 Å². The number of carbonyl (C=O) groups is 2. The quantitative estimate of drug-likeness (QED) is 0.628. The number of carboxylic acids is 1. The lowest BCUT2D eigenvalue weighted by Crippen LogP contribution is -2.44. The topological polar surface area (TPSA) is 87.7 Å². The summed E-state index contributed by atoms with van der Waals surface area (Å²) >= 11 is 0. The zero-order valence-electron chi connectivity index (χ0n) is 13.9. The van der Waals surface area contributed by atoms with Gasteiger partial charge in [0.2, 0.25) is 0 Å². The molecular weight excluding hydrogens is 296 g/mol. The second kappa shape index (κ2) is 9.75. The van der Waals surface area contributed by atoms with Crippen LogP contribution in [-0.4, -0.2) is 42.4 Å². The molecule has 132 valence electrons. The van der Waals surface area contributed by atoms with Gasteiger partial charge in [-0.2, -0.15) is 0 Å². The van der Waals surface area contributed by atoms with Crippen molar-refractivity contribution in [3.8, 4) is 0 Å². The second-order valence-electron chi connectivity index (χ2n) is 6.77. The van der Waals surface area contributed by atoms with Crippen LogP contribution in [0.1, 0.15) is 64.2 Å². The number of urea groups is 1. The monoisotopic (exact) mass is 326 g/mol. The molecule has 0 atom stereocenters. The molecule has 0 unspecified atom stereocenters. The first-order valence-electron chi connectivity index (χ1n) is 9.04. The fraction of sp³-hybridized carbons (Fsp3) is 0.882. The summed E-state index contributed by atoms with van der Waals surface area (Å²) in [6, 6.07) is -0.0504. The Morgan fingerprint density at radius 3 is 2.35 bits per heavy atom. The molecule has 2 aliphatic rings. The van der Waals surface area contributed by atoms with Crippen LogP contribution in [0.4, 0.5) is 4.79 Å². The molecule has 2 aliphatic carbocycles. The van der Waals surface area contributed by atoms with Crippen LogP contribution in [0.3, 0.4) is 0 Å². The SMILES string of the molecule is O=C(NCCCOC1CCCCC1)NC1CCC(C(=O)O)CC1. The van der Waals surface area contributed by atoms with Crippen molar-refractivity contribution in [2.75, 3.05) is 13.2 Å². The maximum Gasteiger partial charge on any atom is 0.315 e. The van der Waals surface area contributed by atoms with Gasteiger partial charge in [0.05, 0.1) is 12.0 Å². The third kappa shape index (κ3) is 6.77. The zero-order chi connectivity index (χ0) is 16.5. The number of nitrogens with one attached hydrogen (secondary N) is 2. The molecule has 2 saturated carbocycles. The maximum atomic E-state index is 11.8. The van der Waals surface area contributed by atoms with Crippen molar-refractivity contribution in [1.29, 1.82) is 0 Å². The van der Waals surface area contributed by atoms with Crippen molar-refractivity contribution in [3.05, 3.63) is 0 Å². The predicted molar refractivity (Wildman–Crippen MR) is 87.4 cm³/mol. The van der Waals surface area contributed by atoms with Gasteiger partial charge in [-0.25, -0.2) is 4.79 Å². The molecule has 0 radical (unpaired) electrons. The highest BCUT2D eigenvalue weighted by atomic mass is 16.5. The summed E-state index contributed by atoms with van der Waals surface area (Å²) in [6.45, 7) is 1.32.